The molecule has 21 heavy (non-hydrogen) atoms. The summed E-state index contributed by atoms with van der Waals surface area (Å²) in [6.45, 7) is 6.29. The first-order valence-electron chi connectivity index (χ1n) is 6.57. The molecule has 0 saturated heterocycles. The van der Waals surface area contributed by atoms with Crippen molar-refractivity contribution in [2.24, 2.45) is 0 Å². The highest BCUT2D eigenvalue weighted by Gasteiger charge is 2.15. The van der Waals surface area contributed by atoms with E-state index in [0.29, 0.717) is 18.2 Å². The highest BCUT2D eigenvalue weighted by Crippen LogP contribution is 2.13. The number of thiocarbonyl (C=S) groups is 1. The average Bonchev–Trinajstić information content (AvgIpc) is 2.35. The smallest absolute Gasteiger partial charge is 0.407 e. The lowest BCUT2D eigenvalue weighted by Crippen LogP contribution is -2.39. The summed E-state index contributed by atoms with van der Waals surface area (Å²) < 4.78 is 5.10. The zero-order valence-electron chi connectivity index (χ0n) is 12.4. The third-order valence-corrected chi connectivity index (χ3v) is 2.45. The van der Waals surface area contributed by atoms with Gasteiger partial charge in [0.15, 0.2) is 5.11 Å². The van der Waals surface area contributed by atoms with Gasteiger partial charge >= 0.3 is 6.09 Å². The van der Waals surface area contributed by atoms with Gasteiger partial charge in [-0.2, -0.15) is 0 Å². The Bertz CT molecular complexity index is 483. The summed E-state index contributed by atoms with van der Waals surface area (Å²) in [4.78, 5) is 11.4. The summed E-state index contributed by atoms with van der Waals surface area (Å²) in [5.41, 5.74) is 0.262. The van der Waals surface area contributed by atoms with Crippen LogP contribution in [0.3, 0.4) is 0 Å². The van der Waals surface area contributed by atoms with Gasteiger partial charge in [-0.25, -0.2) is 4.79 Å². The molecule has 1 aromatic carbocycles. The lowest BCUT2D eigenvalue weighted by Gasteiger charge is -2.19. The third kappa shape index (κ3) is 7.98. The second-order valence-corrected chi connectivity index (χ2v) is 5.76. The molecule has 0 aliphatic carbocycles. The van der Waals surface area contributed by atoms with Crippen LogP contribution in [-0.2, 0) is 4.74 Å². The molecule has 1 aromatic rings. The van der Waals surface area contributed by atoms with Crippen LogP contribution < -0.4 is 16.0 Å². The molecule has 4 N–H and O–H groups in total. The number of nitrogens with one attached hydrogen (secondary N) is 3. The molecule has 0 atom stereocenters. The zero-order chi connectivity index (χ0) is 15.9. The van der Waals surface area contributed by atoms with Crippen molar-refractivity contribution in [3.63, 3.8) is 0 Å². The van der Waals surface area contributed by atoms with Crippen LogP contribution in [0.5, 0.6) is 5.75 Å². The van der Waals surface area contributed by atoms with Crippen molar-refractivity contribution in [3.8, 4) is 5.75 Å². The van der Waals surface area contributed by atoms with Crippen molar-refractivity contribution in [2.75, 3.05) is 18.4 Å². The Labute approximate surface area is 129 Å². The molecular weight excluding hydrogens is 290 g/mol. The number of phenols is 1. The molecule has 0 aliphatic heterocycles. The topological polar surface area (TPSA) is 82.6 Å². The number of anilines is 1. The van der Waals surface area contributed by atoms with Crippen molar-refractivity contribution in [2.45, 2.75) is 26.4 Å². The first-order valence-corrected chi connectivity index (χ1v) is 6.98. The van der Waals surface area contributed by atoms with Crippen LogP contribution >= 0.6 is 12.2 Å². The number of carbonyl (C=O) groups excluding carboxylic acids is 1. The van der Waals surface area contributed by atoms with Crippen molar-refractivity contribution < 1.29 is 14.6 Å². The van der Waals surface area contributed by atoms with Gasteiger partial charge in [0.2, 0.25) is 0 Å². The minimum absolute atomic E-state index is 0.195. The molecule has 116 valence electrons. The fourth-order valence-corrected chi connectivity index (χ4v) is 1.59. The Morgan fingerprint density at radius 3 is 2.33 bits per heavy atom. The third-order valence-electron chi connectivity index (χ3n) is 2.20. The molecule has 1 rings (SSSR count). The van der Waals surface area contributed by atoms with Gasteiger partial charge in [0, 0.05) is 18.8 Å². The predicted molar refractivity (Wildman–Crippen MR) is 86.6 cm³/mol. The molecule has 0 bridgehead atoms. The van der Waals surface area contributed by atoms with Gasteiger partial charge in [-0.05, 0) is 57.3 Å². The Morgan fingerprint density at radius 1 is 1.19 bits per heavy atom. The van der Waals surface area contributed by atoms with E-state index in [2.05, 4.69) is 16.0 Å². The van der Waals surface area contributed by atoms with Crippen LogP contribution in [-0.4, -0.2) is 35.0 Å². The molecular formula is C14H21N3O3S. The Balaban J connectivity index is 2.19. The van der Waals surface area contributed by atoms with Gasteiger partial charge in [0.1, 0.15) is 11.4 Å². The normalized spacial score (nSPS) is 10.6. The first-order chi connectivity index (χ1) is 9.76. The average molecular weight is 311 g/mol. The number of alkyl carbamates (subject to hydrolysis) is 1. The fourth-order valence-electron chi connectivity index (χ4n) is 1.37. The monoisotopic (exact) mass is 311 g/mol. The highest BCUT2D eigenvalue weighted by atomic mass is 32.1. The standard InChI is InChI=1S/C14H21N3O3S/c1-14(2,3)20-13(19)16-9-8-15-12(21)17-10-4-6-11(18)7-5-10/h4-7,18H,8-9H2,1-3H3,(H,16,19)(H2,15,17,21). The number of benzene rings is 1. The number of amides is 1. The molecule has 7 heteroatoms. The quantitative estimate of drug-likeness (QED) is 0.388. The van der Waals surface area contributed by atoms with E-state index < -0.39 is 11.7 Å². The number of ether oxygens (including phenoxy) is 1. The van der Waals surface area contributed by atoms with E-state index in [1.807, 2.05) is 20.8 Å². The van der Waals surface area contributed by atoms with E-state index in [1.54, 1.807) is 24.3 Å². The number of hydrogen-bond donors (Lipinski definition) is 4. The lowest BCUT2D eigenvalue weighted by molar-refractivity contribution is 0.0529. The molecule has 0 fully saturated rings. The van der Waals surface area contributed by atoms with Crippen LogP contribution in [0.1, 0.15) is 20.8 Å². The summed E-state index contributed by atoms with van der Waals surface area (Å²) in [5, 5.41) is 18.1. The second-order valence-electron chi connectivity index (χ2n) is 5.36. The summed E-state index contributed by atoms with van der Waals surface area (Å²) in [6.07, 6.45) is -0.457. The van der Waals surface area contributed by atoms with Crippen molar-refractivity contribution >= 4 is 29.1 Å². The molecule has 0 radical (unpaired) electrons. The van der Waals surface area contributed by atoms with Gasteiger partial charge in [0.25, 0.3) is 0 Å². The summed E-state index contributed by atoms with van der Waals surface area (Å²) in [5.74, 6) is 0.195. The van der Waals surface area contributed by atoms with Gasteiger partial charge < -0.3 is 25.8 Å². The Morgan fingerprint density at radius 2 is 1.76 bits per heavy atom. The van der Waals surface area contributed by atoms with E-state index in [0.717, 1.165) is 5.69 Å². The van der Waals surface area contributed by atoms with Crippen molar-refractivity contribution in [1.82, 2.24) is 10.6 Å². The minimum atomic E-state index is -0.507. The van der Waals surface area contributed by atoms with E-state index >= 15 is 0 Å². The minimum Gasteiger partial charge on any atom is -0.508 e. The summed E-state index contributed by atoms with van der Waals surface area (Å²) in [7, 11) is 0. The zero-order valence-corrected chi connectivity index (χ0v) is 13.2. The SMILES string of the molecule is CC(C)(C)OC(=O)NCCNC(=S)Nc1ccc(O)cc1. The molecule has 0 spiro atoms. The van der Waals surface area contributed by atoms with Gasteiger partial charge in [-0.1, -0.05) is 0 Å². The van der Waals surface area contributed by atoms with Crippen LogP contribution in [0.4, 0.5) is 10.5 Å². The number of aromatic hydroxyl groups is 1. The summed E-state index contributed by atoms with van der Waals surface area (Å²) >= 11 is 5.11. The molecule has 0 aliphatic rings. The summed E-state index contributed by atoms with van der Waals surface area (Å²) in [6, 6.07) is 6.55. The lowest BCUT2D eigenvalue weighted by atomic mass is 10.2. The van der Waals surface area contributed by atoms with E-state index in [1.165, 1.54) is 0 Å². The largest absolute Gasteiger partial charge is 0.508 e. The second kappa shape index (κ2) is 7.68. The number of hydrogen-bond acceptors (Lipinski definition) is 4. The molecule has 6 nitrogen and oxygen atoms in total. The van der Waals surface area contributed by atoms with E-state index in [9.17, 15) is 4.79 Å². The number of carbonyl (C=O) groups is 1. The predicted octanol–water partition coefficient (Wildman–Crippen LogP) is 2.20. The maximum absolute atomic E-state index is 11.4. The maximum atomic E-state index is 11.4. The van der Waals surface area contributed by atoms with Gasteiger partial charge in [0.05, 0.1) is 0 Å². The number of rotatable bonds is 4. The van der Waals surface area contributed by atoms with E-state index in [4.69, 9.17) is 22.1 Å². The van der Waals surface area contributed by atoms with Gasteiger partial charge in [-0.15, -0.1) is 0 Å². The van der Waals surface area contributed by atoms with Crippen LogP contribution in [0.15, 0.2) is 24.3 Å². The fraction of sp³-hybridized carbons (Fsp3) is 0.429. The van der Waals surface area contributed by atoms with Crippen LogP contribution in [0.2, 0.25) is 0 Å². The van der Waals surface area contributed by atoms with Crippen molar-refractivity contribution in [1.29, 1.82) is 0 Å². The highest BCUT2D eigenvalue weighted by molar-refractivity contribution is 7.80. The van der Waals surface area contributed by atoms with Gasteiger partial charge in [-0.3, -0.25) is 0 Å². The molecule has 0 aromatic heterocycles. The molecule has 0 saturated carbocycles. The first kappa shape index (κ1) is 17.0. The number of phenolic OH excluding ortho intramolecular Hbond substituents is 1. The maximum Gasteiger partial charge on any atom is 0.407 e. The van der Waals surface area contributed by atoms with Crippen molar-refractivity contribution in [3.05, 3.63) is 24.3 Å². The Kier molecular flexibility index (Phi) is 6.23. The molecule has 0 unspecified atom stereocenters. The van der Waals surface area contributed by atoms with Crippen LogP contribution in [0, 0.1) is 0 Å². The van der Waals surface area contributed by atoms with Crippen LogP contribution in [0.25, 0.3) is 0 Å². The Hall–Kier alpha value is -2.02. The van der Waals surface area contributed by atoms with E-state index in [-0.39, 0.29) is 5.75 Å². The molecule has 1 amide bonds. The molecule has 0 heterocycles.